The van der Waals surface area contributed by atoms with Crippen LogP contribution in [0.1, 0.15) is 36.2 Å². The summed E-state index contributed by atoms with van der Waals surface area (Å²) in [7, 11) is 0. The molecule has 164 valence electrons. The van der Waals surface area contributed by atoms with Crippen LogP contribution in [0.4, 0.5) is 16.0 Å². The van der Waals surface area contributed by atoms with Gasteiger partial charge in [0.25, 0.3) is 0 Å². The van der Waals surface area contributed by atoms with Crippen molar-refractivity contribution in [3.8, 4) is 0 Å². The summed E-state index contributed by atoms with van der Waals surface area (Å²) in [5, 5.41) is 7.50. The summed E-state index contributed by atoms with van der Waals surface area (Å²) in [6, 6.07) is 7.41. The van der Waals surface area contributed by atoms with Crippen molar-refractivity contribution in [2.45, 2.75) is 46.8 Å². The number of aryl methyl sites for hydroxylation is 2. The first-order valence-electron chi connectivity index (χ1n) is 10.3. The SMILES string of the molecule is CCN(Cc1cn(CC)nc1C)c1ncnc(NCc2ccc(CC(N)=O)cc2)c1F. The first-order valence-corrected chi connectivity index (χ1v) is 10.3. The Kier molecular flexibility index (Phi) is 7.17. The van der Waals surface area contributed by atoms with Crippen LogP contribution in [-0.2, 0) is 30.8 Å². The number of anilines is 2. The van der Waals surface area contributed by atoms with Gasteiger partial charge in [-0.3, -0.25) is 9.48 Å². The average molecular weight is 426 g/mol. The van der Waals surface area contributed by atoms with E-state index in [0.29, 0.717) is 19.6 Å². The normalized spacial score (nSPS) is 10.8. The lowest BCUT2D eigenvalue weighted by Gasteiger charge is -2.22. The zero-order valence-electron chi connectivity index (χ0n) is 18.1. The minimum Gasteiger partial charge on any atom is -0.369 e. The maximum atomic E-state index is 15.2. The first-order chi connectivity index (χ1) is 14.9. The van der Waals surface area contributed by atoms with Crippen LogP contribution in [-0.4, -0.2) is 32.2 Å². The fraction of sp³-hybridized carbons (Fsp3) is 0.364. The van der Waals surface area contributed by atoms with Gasteiger partial charge in [0.1, 0.15) is 6.33 Å². The number of aromatic nitrogens is 4. The molecule has 3 rings (SSSR count). The predicted molar refractivity (Wildman–Crippen MR) is 118 cm³/mol. The maximum absolute atomic E-state index is 15.2. The number of primary amides is 1. The Bertz CT molecular complexity index is 1030. The highest BCUT2D eigenvalue weighted by Gasteiger charge is 2.18. The van der Waals surface area contributed by atoms with Crippen molar-refractivity contribution in [3.05, 3.63) is 65.0 Å². The number of carbonyl (C=O) groups is 1. The molecule has 0 fully saturated rings. The van der Waals surface area contributed by atoms with Gasteiger partial charge >= 0.3 is 0 Å². The minimum atomic E-state index is -0.491. The number of halogens is 1. The van der Waals surface area contributed by atoms with E-state index in [-0.39, 0.29) is 24.0 Å². The van der Waals surface area contributed by atoms with Gasteiger partial charge in [-0.05, 0) is 31.9 Å². The number of carbonyl (C=O) groups excluding carboxylic acids is 1. The van der Waals surface area contributed by atoms with Gasteiger partial charge in [-0.2, -0.15) is 9.49 Å². The molecular formula is C22H28FN7O. The van der Waals surface area contributed by atoms with E-state index >= 15 is 4.39 Å². The molecule has 2 aromatic heterocycles. The number of nitrogens with one attached hydrogen (secondary N) is 1. The highest BCUT2D eigenvalue weighted by molar-refractivity contribution is 5.76. The molecule has 0 unspecified atom stereocenters. The van der Waals surface area contributed by atoms with E-state index in [2.05, 4.69) is 20.4 Å². The van der Waals surface area contributed by atoms with Gasteiger partial charge in [0.15, 0.2) is 11.6 Å². The lowest BCUT2D eigenvalue weighted by Crippen LogP contribution is -2.25. The van der Waals surface area contributed by atoms with Gasteiger partial charge in [-0.25, -0.2) is 9.97 Å². The van der Waals surface area contributed by atoms with E-state index in [1.165, 1.54) is 6.33 Å². The summed E-state index contributed by atoms with van der Waals surface area (Å²) >= 11 is 0. The van der Waals surface area contributed by atoms with Crippen molar-refractivity contribution >= 4 is 17.5 Å². The third-order valence-electron chi connectivity index (χ3n) is 5.05. The van der Waals surface area contributed by atoms with Crippen LogP contribution in [0, 0.1) is 12.7 Å². The molecule has 0 aliphatic heterocycles. The van der Waals surface area contributed by atoms with Gasteiger partial charge in [-0.15, -0.1) is 0 Å². The van der Waals surface area contributed by atoms with Crippen LogP contribution in [0.15, 0.2) is 36.8 Å². The first kappa shape index (κ1) is 22.2. The smallest absolute Gasteiger partial charge is 0.221 e. The zero-order valence-corrected chi connectivity index (χ0v) is 18.1. The molecular weight excluding hydrogens is 397 g/mol. The summed E-state index contributed by atoms with van der Waals surface area (Å²) in [6.45, 7) is 8.21. The Morgan fingerprint density at radius 1 is 1.19 bits per heavy atom. The minimum absolute atomic E-state index is 0.144. The lowest BCUT2D eigenvalue weighted by atomic mass is 10.1. The van der Waals surface area contributed by atoms with E-state index in [1.807, 2.05) is 60.8 Å². The molecule has 9 heteroatoms. The number of nitrogens with two attached hydrogens (primary N) is 1. The molecule has 3 N–H and O–H groups in total. The Morgan fingerprint density at radius 3 is 2.52 bits per heavy atom. The molecule has 1 amide bonds. The molecule has 0 saturated heterocycles. The van der Waals surface area contributed by atoms with E-state index < -0.39 is 5.82 Å². The Morgan fingerprint density at radius 2 is 1.90 bits per heavy atom. The molecule has 31 heavy (non-hydrogen) atoms. The van der Waals surface area contributed by atoms with Crippen molar-refractivity contribution in [2.75, 3.05) is 16.8 Å². The van der Waals surface area contributed by atoms with Crippen molar-refractivity contribution in [1.82, 2.24) is 19.7 Å². The number of hydrogen-bond donors (Lipinski definition) is 2. The molecule has 0 spiro atoms. The van der Waals surface area contributed by atoms with Crippen molar-refractivity contribution in [2.24, 2.45) is 5.73 Å². The third-order valence-corrected chi connectivity index (χ3v) is 5.05. The second kappa shape index (κ2) is 10.0. The van der Waals surface area contributed by atoms with Crippen LogP contribution in [0.5, 0.6) is 0 Å². The summed E-state index contributed by atoms with van der Waals surface area (Å²) in [4.78, 5) is 21.1. The van der Waals surface area contributed by atoms with E-state index in [9.17, 15) is 4.79 Å². The highest BCUT2D eigenvalue weighted by atomic mass is 19.1. The monoisotopic (exact) mass is 425 g/mol. The second-order valence-corrected chi connectivity index (χ2v) is 7.28. The molecule has 0 aliphatic carbocycles. The topological polar surface area (TPSA) is 102 Å². The molecule has 8 nitrogen and oxygen atoms in total. The third kappa shape index (κ3) is 5.56. The number of nitrogens with zero attached hydrogens (tertiary/aromatic N) is 5. The van der Waals surface area contributed by atoms with Crippen LogP contribution >= 0.6 is 0 Å². The molecule has 2 heterocycles. The van der Waals surface area contributed by atoms with E-state index in [0.717, 1.165) is 28.9 Å². The van der Waals surface area contributed by atoms with Crippen molar-refractivity contribution in [3.63, 3.8) is 0 Å². The summed E-state index contributed by atoms with van der Waals surface area (Å²) in [5.41, 5.74) is 8.94. The van der Waals surface area contributed by atoms with Crippen molar-refractivity contribution < 1.29 is 9.18 Å². The number of benzene rings is 1. The van der Waals surface area contributed by atoms with Crippen LogP contribution in [0.2, 0.25) is 0 Å². The standard InChI is InChI=1S/C22H28FN7O/c1-4-29(12-18-13-30(5-2)28-15(18)3)22-20(23)21(26-14-27-22)25-11-17-8-6-16(7-9-17)10-19(24)31/h6-9,13-14H,4-5,10-12H2,1-3H3,(H2,24,31)(H,25,26,27). The largest absolute Gasteiger partial charge is 0.369 e. The summed E-state index contributed by atoms with van der Waals surface area (Å²) in [5.74, 6) is -0.472. The Labute approximate surface area is 181 Å². The average Bonchev–Trinajstić information content (AvgIpc) is 3.11. The fourth-order valence-electron chi connectivity index (χ4n) is 3.28. The molecule has 0 aliphatic rings. The van der Waals surface area contributed by atoms with Crippen LogP contribution < -0.4 is 16.0 Å². The quantitative estimate of drug-likeness (QED) is 0.518. The van der Waals surface area contributed by atoms with Crippen molar-refractivity contribution in [1.29, 1.82) is 0 Å². The van der Waals surface area contributed by atoms with Gasteiger partial charge in [0, 0.05) is 37.9 Å². The van der Waals surface area contributed by atoms with Gasteiger partial charge in [0.05, 0.1) is 12.1 Å². The zero-order chi connectivity index (χ0) is 22.4. The fourth-order valence-corrected chi connectivity index (χ4v) is 3.28. The van der Waals surface area contributed by atoms with E-state index in [1.54, 1.807) is 0 Å². The number of hydrogen-bond acceptors (Lipinski definition) is 6. The number of rotatable bonds is 10. The lowest BCUT2D eigenvalue weighted by molar-refractivity contribution is -0.117. The van der Waals surface area contributed by atoms with Crippen LogP contribution in [0.25, 0.3) is 0 Å². The van der Waals surface area contributed by atoms with Gasteiger partial charge < -0.3 is 16.0 Å². The van der Waals surface area contributed by atoms with Gasteiger partial charge in [-0.1, -0.05) is 24.3 Å². The Balaban J connectivity index is 1.72. The molecule has 3 aromatic rings. The van der Waals surface area contributed by atoms with Crippen LogP contribution in [0.3, 0.4) is 0 Å². The van der Waals surface area contributed by atoms with E-state index in [4.69, 9.17) is 5.73 Å². The molecule has 0 radical (unpaired) electrons. The maximum Gasteiger partial charge on any atom is 0.221 e. The molecule has 0 atom stereocenters. The van der Waals surface area contributed by atoms with Gasteiger partial charge in [0.2, 0.25) is 11.7 Å². The Hall–Kier alpha value is -3.49. The summed E-state index contributed by atoms with van der Waals surface area (Å²) < 4.78 is 17.1. The highest BCUT2D eigenvalue weighted by Crippen LogP contribution is 2.24. The number of amides is 1. The molecule has 1 aromatic carbocycles. The molecule has 0 bridgehead atoms. The predicted octanol–water partition coefficient (Wildman–Crippen LogP) is 2.81. The molecule has 0 saturated carbocycles. The summed E-state index contributed by atoms with van der Waals surface area (Å²) in [6.07, 6.45) is 3.54. The second-order valence-electron chi connectivity index (χ2n) is 7.28.